The van der Waals surface area contributed by atoms with Gasteiger partial charge in [0.2, 0.25) is 0 Å². The van der Waals surface area contributed by atoms with E-state index in [1.165, 1.54) is 18.3 Å². The van der Waals surface area contributed by atoms with Gasteiger partial charge in [-0.15, -0.1) is 0 Å². The van der Waals surface area contributed by atoms with Gasteiger partial charge in [-0.3, -0.25) is 4.79 Å². The summed E-state index contributed by atoms with van der Waals surface area (Å²) < 4.78 is 5.49. The molecule has 0 aliphatic rings. The first-order valence-corrected chi connectivity index (χ1v) is 5.84. The number of hydrogen-bond acceptors (Lipinski definition) is 6. The predicted molar refractivity (Wildman–Crippen MR) is 74.1 cm³/mol. The number of carbonyl (C=O) groups excluding carboxylic acids is 1. The number of rotatable bonds is 4. The number of nitrogens with zero attached hydrogens (tertiary/aromatic N) is 2. The Morgan fingerprint density at radius 2 is 1.85 bits per heavy atom. The van der Waals surface area contributed by atoms with Crippen molar-refractivity contribution in [3.05, 3.63) is 35.6 Å². The number of hydrazone groups is 1. The minimum absolute atomic E-state index is 0.0181. The molecule has 6 heteroatoms. The van der Waals surface area contributed by atoms with Crippen molar-refractivity contribution in [2.75, 3.05) is 14.1 Å². The molecule has 0 bridgehead atoms. The van der Waals surface area contributed by atoms with Crippen LogP contribution in [0.25, 0.3) is 11.3 Å². The van der Waals surface area contributed by atoms with Gasteiger partial charge >= 0.3 is 0 Å². The summed E-state index contributed by atoms with van der Waals surface area (Å²) in [5, 5.41) is 25.1. The maximum atomic E-state index is 11.0. The summed E-state index contributed by atoms with van der Waals surface area (Å²) in [5.41, 5.74) is 0.139. The highest BCUT2D eigenvalue weighted by atomic mass is 16.3. The summed E-state index contributed by atoms with van der Waals surface area (Å²) in [6.07, 6.45) is 1.98. The molecule has 0 atom stereocenters. The van der Waals surface area contributed by atoms with Crippen LogP contribution in [0.3, 0.4) is 0 Å². The Labute approximate surface area is 115 Å². The fourth-order valence-corrected chi connectivity index (χ4v) is 1.70. The number of carbonyl (C=O) groups is 1. The van der Waals surface area contributed by atoms with E-state index in [9.17, 15) is 15.0 Å². The van der Waals surface area contributed by atoms with E-state index in [0.717, 1.165) is 0 Å². The van der Waals surface area contributed by atoms with Gasteiger partial charge in [0.25, 0.3) is 0 Å². The van der Waals surface area contributed by atoms with Gasteiger partial charge in [0, 0.05) is 14.1 Å². The fourth-order valence-electron chi connectivity index (χ4n) is 1.70. The zero-order valence-corrected chi connectivity index (χ0v) is 11.1. The summed E-state index contributed by atoms with van der Waals surface area (Å²) >= 11 is 0. The predicted octanol–water partition coefficient (Wildman–Crippen LogP) is 2.07. The minimum atomic E-state index is -0.215. The molecule has 0 aliphatic carbocycles. The van der Waals surface area contributed by atoms with Crippen LogP contribution in [-0.2, 0) is 0 Å². The van der Waals surface area contributed by atoms with E-state index in [1.807, 2.05) is 0 Å². The maximum Gasteiger partial charge on any atom is 0.154 e. The van der Waals surface area contributed by atoms with Gasteiger partial charge < -0.3 is 19.6 Å². The SMILES string of the molecule is CN(C)/N=C/c1ccc(-c2c(O)ccc(O)c2C=O)o1. The molecule has 2 aromatic rings. The monoisotopic (exact) mass is 274 g/mol. The average Bonchev–Trinajstić information content (AvgIpc) is 2.87. The number of phenols is 2. The van der Waals surface area contributed by atoms with E-state index >= 15 is 0 Å². The topological polar surface area (TPSA) is 86.3 Å². The van der Waals surface area contributed by atoms with E-state index < -0.39 is 0 Å². The molecule has 0 saturated heterocycles. The molecule has 0 amide bonds. The summed E-state index contributed by atoms with van der Waals surface area (Å²) in [4.78, 5) is 11.0. The zero-order chi connectivity index (χ0) is 14.7. The van der Waals surface area contributed by atoms with Crippen LogP contribution >= 0.6 is 0 Å². The Hall–Kier alpha value is -2.76. The first kappa shape index (κ1) is 13.7. The van der Waals surface area contributed by atoms with Crippen molar-refractivity contribution in [2.45, 2.75) is 0 Å². The number of benzene rings is 1. The smallest absolute Gasteiger partial charge is 0.154 e. The molecule has 0 spiro atoms. The zero-order valence-electron chi connectivity index (χ0n) is 11.1. The largest absolute Gasteiger partial charge is 0.507 e. The van der Waals surface area contributed by atoms with Crippen molar-refractivity contribution in [1.29, 1.82) is 0 Å². The molecule has 0 aliphatic heterocycles. The molecule has 2 N–H and O–H groups in total. The summed E-state index contributed by atoms with van der Waals surface area (Å²) in [6.45, 7) is 0. The first-order chi connectivity index (χ1) is 9.52. The van der Waals surface area contributed by atoms with Crippen LogP contribution in [0.2, 0.25) is 0 Å². The van der Waals surface area contributed by atoms with Crippen LogP contribution in [-0.4, -0.2) is 41.8 Å². The fraction of sp³-hybridized carbons (Fsp3) is 0.143. The van der Waals surface area contributed by atoms with E-state index in [-0.39, 0.29) is 28.4 Å². The molecular formula is C14H14N2O4. The van der Waals surface area contributed by atoms with Gasteiger partial charge in [0.1, 0.15) is 23.0 Å². The van der Waals surface area contributed by atoms with E-state index in [0.29, 0.717) is 12.0 Å². The summed E-state index contributed by atoms with van der Waals surface area (Å²) in [5.74, 6) is 0.386. The maximum absolute atomic E-state index is 11.0. The van der Waals surface area contributed by atoms with E-state index in [2.05, 4.69) is 5.10 Å². The summed E-state index contributed by atoms with van der Waals surface area (Å²) in [7, 11) is 3.54. The van der Waals surface area contributed by atoms with Gasteiger partial charge in [-0.2, -0.15) is 5.10 Å². The molecule has 104 valence electrons. The highest BCUT2D eigenvalue weighted by Gasteiger charge is 2.17. The average molecular weight is 274 g/mol. The Balaban J connectivity index is 2.47. The van der Waals surface area contributed by atoms with Gasteiger partial charge in [-0.25, -0.2) is 0 Å². The van der Waals surface area contributed by atoms with Gasteiger partial charge in [0.05, 0.1) is 17.3 Å². The quantitative estimate of drug-likeness (QED) is 0.386. The van der Waals surface area contributed by atoms with Crippen molar-refractivity contribution >= 4 is 12.5 Å². The first-order valence-electron chi connectivity index (χ1n) is 5.84. The van der Waals surface area contributed by atoms with Crippen LogP contribution in [0.1, 0.15) is 16.1 Å². The molecule has 2 rings (SSSR count). The number of aromatic hydroxyl groups is 2. The van der Waals surface area contributed by atoms with Crippen LogP contribution in [0.15, 0.2) is 33.8 Å². The molecule has 0 fully saturated rings. The Kier molecular flexibility index (Phi) is 3.74. The molecule has 0 saturated carbocycles. The lowest BCUT2D eigenvalue weighted by Crippen LogP contribution is -2.01. The highest BCUT2D eigenvalue weighted by molar-refractivity contribution is 5.92. The van der Waals surface area contributed by atoms with Crippen LogP contribution < -0.4 is 0 Å². The molecule has 20 heavy (non-hydrogen) atoms. The van der Waals surface area contributed by atoms with Crippen LogP contribution in [0.4, 0.5) is 0 Å². The van der Waals surface area contributed by atoms with Crippen molar-refractivity contribution < 1.29 is 19.4 Å². The number of furan rings is 1. The standard InChI is InChI=1S/C14H14N2O4/c1-16(2)15-7-9-3-6-13(20-9)14-10(8-17)11(18)4-5-12(14)19/h3-8,18-19H,1-2H3/b15-7+. The molecule has 0 radical (unpaired) electrons. The lowest BCUT2D eigenvalue weighted by Gasteiger charge is -2.06. The third-order valence-corrected chi connectivity index (χ3v) is 2.61. The molecule has 1 heterocycles. The molecule has 1 aromatic carbocycles. The van der Waals surface area contributed by atoms with Gasteiger partial charge in [-0.1, -0.05) is 0 Å². The van der Waals surface area contributed by atoms with Crippen molar-refractivity contribution in [1.82, 2.24) is 5.01 Å². The second-order valence-corrected chi connectivity index (χ2v) is 4.30. The number of hydrogen-bond donors (Lipinski definition) is 2. The lowest BCUT2D eigenvalue weighted by molar-refractivity contribution is 0.112. The van der Waals surface area contributed by atoms with Crippen LogP contribution in [0.5, 0.6) is 11.5 Å². The van der Waals surface area contributed by atoms with Crippen molar-refractivity contribution in [3.8, 4) is 22.8 Å². The Morgan fingerprint density at radius 3 is 2.50 bits per heavy atom. The molecular weight excluding hydrogens is 260 g/mol. The normalized spacial score (nSPS) is 10.9. The van der Waals surface area contributed by atoms with Crippen LogP contribution in [0, 0.1) is 0 Å². The van der Waals surface area contributed by atoms with Gasteiger partial charge in [0.15, 0.2) is 6.29 Å². The summed E-state index contributed by atoms with van der Waals surface area (Å²) in [6, 6.07) is 5.80. The second kappa shape index (κ2) is 5.48. The molecule has 6 nitrogen and oxygen atoms in total. The van der Waals surface area contributed by atoms with Gasteiger partial charge in [-0.05, 0) is 24.3 Å². The lowest BCUT2D eigenvalue weighted by atomic mass is 10.0. The Morgan fingerprint density at radius 1 is 1.15 bits per heavy atom. The minimum Gasteiger partial charge on any atom is -0.507 e. The molecule has 0 unspecified atom stereocenters. The third-order valence-electron chi connectivity index (χ3n) is 2.61. The third kappa shape index (κ3) is 2.64. The molecule has 1 aromatic heterocycles. The number of phenolic OH excluding ortho intramolecular Hbond substituents is 2. The second-order valence-electron chi connectivity index (χ2n) is 4.30. The van der Waals surface area contributed by atoms with E-state index in [4.69, 9.17) is 4.42 Å². The Bertz CT molecular complexity index is 659. The van der Waals surface area contributed by atoms with Crippen molar-refractivity contribution in [3.63, 3.8) is 0 Å². The number of aldehydes is 1. The van der Waals surface area contributed by atoms with E-state index in [1.54, 1.807) is 31.2 Å². The van der Waals surface area contributed by atoms with Crippen molar-refractivity contribution in [2.24, 2.45) is 5.10 Å². The highest BCUT2D eigenvalue weighted by Crippen LogP contribution is 2.37.